The molecule has 0 atom stereocenters. The van der Waals surface area contributed by atoms with Crippen molar-refractivity contribution in [3.63, 3.8) is 0 Å². The molecule has 0 saturated heterocycles. The van der Waals surface area contributed by atoms with Crippen LogP contribution in [0.1, 0.15) is 18.1 Å². The average Bonchev–Trinajstić information content (AvgIpc) is 2.17. The first kappa shape index (κ1) is 10.8. The van der Waals surface area contributed by atoms with Crippen LogP contribution in [-0.2, 0) is 11.2 Å². The second-order valence-electron chi connectivity index (χ2n) is 2.75. The molecule has 1 aromatic carbocycles. The largest absolute Gasteiger partial charge is 0.399 e. The van der Waals surface area contributed by atoms with E-state index in [1.165, 1.54) is 5.56 Å². The topological polar surface area (TPSA) is 50.1 Å². The summed E-state index contributed by atoms with van der Waals surface area (Å²) >= 11 is 3.42. The third kappa shape index (κ3) is 2.88. The first-order valence-electron chi connectivity index (χ1n) is 4.22. The summed E-state index contributed by atoms with van der Waals surface area (Å²) in [7, 11) is 0. The summed E-state index contributed by atoms with van der Waals surface area (Å²) in [6.07, 6.45) is 0.944. The van der Waals surface area contributed by atoms with E-state index in [4.69, 9.17) is 5.41 Å². The Balaban J connectivity index is 2.76. The van der Waals surface area contributed by atoms with Crippen LogP contribution in [-0.4, -0.2) is 11.2 Å². The number of carbonyl (C=O) groups excluding carboxylic acids is 1. The number of ether oxygens (including phenoxy) is 1. The normalized spacial score (nSPS) is 9.57. The van der Waals surface area contributed by atoms with Crippen molar-refractivity contribution in [1.29, 1.82) is 5.41 Å². The molecule has 0 heterocycles. The first-order chi connectivity index (χ1) is 6.63. The van der Waals surface area contributed by atoms with Gasteiger partial charge in [-0.25, -0.2) is 4.79 Å². The first-order valence-corrected chi connectivity index (χ1v) is 4.67. The van der Waals surface area contributed by atoms with Gasteiger partial charge in [0.05, 0.1) is 0 Å². The lowest BCUT2D eigenvalue weighted by molar-refractivity contribution is 0.225. The van der Waals surface area contributed by atoms with Crippen molar-refractivity contribution in [3.05, 3.63) is 35.4 Å². The lowest BCUT2D eigenvalue weighted by atomic mass is 10.1. The van der Waals surface area contributed by atoms with Crippen LogP contribution in [0.2, 0.25) is 0 Å². The SMILES string of the molecule is CCc1ccc(C(=N)OC(=O)S)cc1. The molecule has 0 fully saturated rings. The summed E-state index contributed by atoms with van der Waals surface area (Å²) in [5.74, 6) is -0.173. The summed E-state index contributed by atoms with van der Waals surface area (Å²) < 4.78 is 4.52. The van der Waals surface area contributed by atoms with E-state index >= 15 is 0 Å². The van der Waals surface area contributed by atoms with Crippen molar-refractivity contribution in [2.45, 2.75) is 13.3 Å². The average molecular weight is 209 g/mol. The lowest BCUT2D eigenvalue weighted by Crippen LogP contribution is -2.06. The third-order valence-corrected chi connectivity index (χ3v) is 1.91. The summed E-state index contributed by atoms with van der Waals surface area (Å²) in [5, 5.41) is 6.63. The molecular formula is C10H11NO2S. The Morgan fingerprint density at radius 3 is 2.43 bits per heavy atom. The van der Waals surface area contributed by atoms with E-state index < -0.39 is 5.30 Å². The van der Waals surface area contributed by atoms with Gasteiger partial charge in [0.15, 0.2) is 0 Å². The third-order valence-electron chi connectivity index (χ3n) is 1.81. The molecule has 4 heteroatoms. The van der Waals surface area contributed by atoms with Gasteiger partial charge in [-0.15, -0.1) is 0 Å². The Kier molecular flexibility index (Phi) is 3.71. The van der Waals surface area contributed by atoms with Gasteiger partial charge in [0.2, 0.25) is 5.90 Å². The van der Waals surface area contributed by atoms with Crippen LogP contribution in [0, 0.1) is 5.41 Å². The zero-order chi connectivity index (χ0) is 10.6. The van der Waals surface area contributed by atoms with Crippen molar-refractivity contribution in [2.75, 3.05) is 0 Å². The van der Waals surface area contributed by atoms with E-state index in [1.54, 1.807) is 12.1 Å². The smallest absolute Gasteiger partial charge is 0.370 e. The van der Waals surface area contributed by atoms with Gasteiger partial charge in [-0.05, 0) is 24.1 Å². The van der Waals surface area contributed by atoms with Crippen LogP contribution in [0.3, 0.4) is 0 Å². The number of thiol groups is 1. The van der Waals surface area contributed by atoms with Crippen LogP contribution in [0.25, 0.3) is 0 Å². The van der Waals surface area contributed by atoms with Crippen LogP contribution in [0.15, 0.2) is 24.3 Å². The minimum absolute atomic E-state index is 0.173. The molecule has 1 aromatic rings. The van der Waals surface area contributed by atoms with E-state index in [9.17, 15) is 4.79 Å². The maximum Gasteiger partial charge on any atom is 0.370 e. The molecule has 0 bridgehead atoms. The Bertz CT molecular complexity index is 346. The molecule has 0 unspecified atom stereocenters. The van der Waals surface area contributed by atoms with E-state index in [0.717, 1.165) is 6.42 Å². The molecule has 14 heavy (non-hydrogen) atoms. The molecule has 0 radical (unpaired) electrons. The maximum atomic E-state index is 10.5. The number of benzene rings is 1. The van der Waals surface area contributed by atoms with Crippen LogP contribution < -0.4 is 0 Å². The van der Waals surface area contributed by atoms with E-state index in [2.05, 4.69) is 17.4 Å². The molecule has 0 amide bonds. The van der Waals surface area contributed by atoms with Crippen molar-refractivity contribution >= 4 is 23.8 Å². The number of nitrogens with one attached hydrogen (secondary N) is 1. The molecule has 74 valence electrons. The van der Waals surface area contributed by atoms with Crippen LogP contribution in [0.5, 0.6) is 0 Å². The minimum Gasteiger partial charge on any atom is -0.399 e. The van der Waals surface area contributed by atoms with E-state index in [-0.39, 0.29) is 5.90 Å². The van der Waals surface area contributed by atoms with E-state index in [1.807, 2.05) is 19.1 Å². The molecule has 3 nitrogen and oxygen atoms in total. The monoisotopic (exact) mass is 209 g/mol. The summed E-state index contributed by atoms with van der Waals surface area (Å²) in [6.45, 7) is 2.05. The standard InChI is InChI=1S/C10H11NO2S/c1-2-7-3-5-8(6-4-7)9(11)13-10(12)14/h3-6,11H,2H2,1H3,(H,12,14). The fourth-order valence-electron chi connectivity index (χ4n) is 1.04. The van der Waals surface area contributed by atoms with Gasteiger partial charge in [-0.2, -0.15) is 0 Å². The van der Waals surface area contributed by atoms with Crippen molar-refractivity contribution in [1.82, 2.24) is 0 Å². The molecule has 0 spiro atoms. The predicted octanol–water partition coefficient (Wildman–Crippen LogP) is 2.64. The van der Waals surface area contributed by atoms with E-state index in [0.29, 0.717) is 5.56 Å². The quantitative estimate of drug-likeness (QED) is 0.340. The molecular weight excluding hydrogens is 198 g/mol. The van der Waals surface area contributed by atoms with Crippen molar-refractivity contribution < 1.29 is 9.53 Å². The van der Waals surface area contributed by atoms with Gasteiger partial charge in [0.1, 0.15) is 0 Å². The highest BCUT2D eigenvalue weighted by Gasteiger charge is 2.05. The number of carbonyl (C=O) groups is 1. The lowest BCUT2D eigenvalue weighted by Gasteiger charge is -2.03. The molecule has 0 aromatic heterocycles. The fraction of sp³-hybridized carbons (Fsp3) is 0.200. The predicted molar refractivity (Wildman–Crippen MR) is 58.1 cm³/mol. The number of rotatable bonds is 2. The molecule has 0 saturated carbocycles. The highest BCUT2D eigenvalue weighted by Crippen LogP contribution is 2.07. The Hall–Kier alpha value is -1.29. The molecule has 1 rings (SSSR count). The minimum atomic E-state index is -0.769. The summed E-state index contributed by atoms with van der Waals surface area (Å²) in [6, 6.07) is 7.29. The summed E-state index contributed by atoms with van der Waals surface area (Å²) in [5.41, 5.74) is 1.75. The zero-order valence-corrected chi connectivity index (χ0v) is 8.67. The second kappa shape index (κ2) is 4.81. The highest BCUT2D eigenvalue weighted by atomic mass is 32.1. The van der Waals surface area contributed by atoms with Gasteiger partial charge in [-0.3, -0.25) is 5.41 Å². The van der Waals surface area contributed by atoms with Gasteiger partial charge >= 0.3 is 5.30 Å². The van der Waals surface area contributed by atoms with Crippen molar-refractivity contribution in [3.8, 4) is 0 Å². The van der Waals surface area contributed by atoms with Crippen LogP contribution in [0.4, 0.5) is 4.79 Å². The molecule has 0 aliphatic heterocycles. The highest BCUT2D eigenvalue weighted by molar-refractivity contribution is 7.96. The zero-order valence-electron chi connectivity index (χ0n) is 7.78. The Morgan fingerprint density at radius 2 is 2.00 bits per heavy atom. The van der Waals surface area contributed by atoms with Gasteiger partial charge in [-0.1, -0.05) is 31.7 Å². The van der Waals surface area contributed by atoms with Gasteiger partial charge in [0, 0.05) is 5.56 Å². The second-order valence-corrected chi connectivity index (χ2v) is 3.11. The van der Waals surface area contributed by atoms with Gasteiger partial charge in [0.25, 0.3) is 0 Å². The molecule has 0 aliphatic rings. The van der Waals surface area contributed by atoms with Gasteiger partial charge < -0.3 is 4.74 Å². The number of hydrogen-bond donors (Lipinski definition) is 2. The number of hydrogen-bond acceptors (Lipinski definition) is 3. The molecule has 1 N–H and O–H groups in total. The fourth-order valence-corrected chi connectivity index (χ4v) is 1.13. The number of aryl methyl sites for hydroxylation is 1. The summed E-state index contributed by atoms with van der Waals surface area (Å²) in [4.78, 5) is 10.5. The molecule has 0 aliphatic carbocycles. The van der Waals surface area contributed by atoms with Crippen molar-refractivity contribution in [2.24, 2.45) is 0 Å². The van der Waals surface area contributed by atoms with Crippen LogP contribution >= 0.6 is 12.6 Å². The maximum absolute atomic E-state index is 10.5. The Labute approximate surface area is 88.0 Å². The Morgan fingerprint density at radius 1 is 1.43 bits per heavy atom.